The summed E-state index contributed by atoms with van der Waals surface area (Å²) in [6.45, 7) is 10.00. The van der Waals surface area contributed by atoms with Crippen molar-refractivity contribution in [1.82, 2.24) is 4.90 Å². The van der Waals surface area contributed by atoms with Crippen LogP contribution in [0.1, 0.15) is 58.1 Å². The number of hydrogen-bond acceptors (Lipinski definition) is 2. The molecule has 2 atom stereocenters. The third-order valence-corrected chi connectivity index (χ3v) is 4.94. The number of amides is 1. The molecule has 1 aromatic rings. The van der Waals surface area contributed by atoms with E-state index in [9.17, 15) is 9.90 Å². The van der Waals surface area contributed by atoms with E-state index in [0.29, 0.717) is 6.42 Å². The Hall–Kier alpha value is -1.35. The molecule has 1 amide bonds. The number of benzene rings is 1. The van der Waals surface area contributed by atoms with Crippen LogP contribution < -0.4 is 0 Å². The quantitative estimate of drug-likeness (QED) is 0.902. The van der Waals surface area contributed by atoms with Crippen molar-refractivity contribution in [1.29, 1.82) is 0 Å². The lowest BCUT2D eigenvalue weighted by molar-refractivity contribution is -0.130. The van der Waals surface area contributed by atoms with Gasteiger partial charge in [0.15, 0.2) is 0 Å². The Morgan fingerprint density at radius 1 is 1.30 bits per heavy atom. The van der Waals surface area contributed by atoms with Gasteiger partial charge in [-0.1, -0.05) is 45.0 Å². The summed E-state index contributed by atoms with van der Waals surface area (Å²) in [7, 11) is 0. The predicted octanol–water partition coefficient (Wildman–Crippen LogP) is 3.54. The third kappa shape index (κ3) is 5.07. The monoisotopic (exact) mass is 317 g/mol. The minimum atomic E-state index is -0.311. The molecule has 0 spiro atoms. The van der Waals surface area contributed by atoms with Crippen LogP contribution in [0.25, 0.3) is 0 Å². The molecule has 0 radical (unpaired) electrons. The number of aliphatic hydroxyl groups excluding tert-OH is 1. The molecule has 1 aliphatic rings. The zero-order valence-electron chi connectivity index (χ0n) is 15.0. The molecule has 1 aromatic carbocycles. The molecule has 1 fully saturated rings. The number of likely N-dealkylation sites (tertiary alicyclic amines) is 1. The Bertz CT molecular complexity index is 513. The van der Waals surface area contributed by atoms with E-state index in [0.717, 1.165) is 32.4 Å². The highest BCUT2D eigenvalue weighted by atomic mass is 16.3. The number of carbonyl (C=O) groups is 1. The van der Waals surface area contributed by atoms with Crippen molar-refractivity contribution >= 4 is 5.91 Å². The normalized spacial score (nSPS) is 19.9. The van der Waals surface area contributed by atoms with Gasteiger partial charge in [0.1, 0.15) is 0 Å². The van der Waals surface area contributed by atoms with Crippen molar-refractivity contribution in [3.63, 3.8) is 0 Å². The second-order valence-electron chi connectivity index (χ2n) is 7.93. The maximum Gasteiger partial charge on any atom is 0.222 e. The van der Waals surface area contributed by atoms with Crippen molar-refractivity contribution in [2.45, 2.75) is 64.9 Å². The number of rotatable bonds is 5. The first-order valence-electron chi connectivity index (χ1n) is 8.82. The first-order chi connectivity index (χ1) is 10.8. The molecular formula is C20H31NO2. The van der Waals surface area contributed by atoms with Crippen molar-refractivity contribution in [2.24, 2.45) is 5.92 Å². The molecule has 1 aliphatic heterocycles. The van der Waals surface area contributed by atoms with E-state index < -0.39 is 0 Å². The van der Waals surface area contributed by atoms with E-state index in [1.807, 2.05) is 11.8 Å². The van der Waals surface area contributed by atoms with Crippen LogP contribution in [0.3, 0.4) is 0 Å². The fourth-order valence-corrected chi connectivity index (χ4v) is 3.18. The van der Waals surface area contributed by atoms with E-state index in [1.165, 1.54) is 11.1 Å². The van der Waals surface area contributed by atoms with Gasteiger partial charge < -0.3 is 10.0 Å². The van der Waals surface area contributed by atoms with Gasteiger partial charge in [-0.2, -0.15) is 0 Å². The van der Waals surface area contributed by atoms with Crippen LogP contribution in [-0.4, -0.2) is 35.1 Å². The molecular weight excluding hydrogens is 286 g/mol. The van der Waals surface area contributed by atoms with Crippen LogP contribution in [0.2, 0.25) is 0 Å². The molecule has 1 saturated heterocycles. The van der Waals surface area contributed by atoms with E-state index in [4.69, 9.17) is 0 Å². The van der Waals surface area contributed by atoms with E-state index in [-0.39, 0.29) is 23.3 Å². The summed E-state index contributed by atoms with van der Waals surface area (Å²) in [6, 6.07) is 8.77. The Balaban J connectivity index is 1.76. The topological polar surface area (TPSA) is 40.5 Å². The molecule has 0 saturated carbocycles. The zero-order chi connectivity index (χ0) is 17.0. The maximum atomic E-state index is 12.2. The van der Waals surface area contributed by atoms with E-state index in [1.54, 1.807) is 0 Å². The Kier molecular flexibility index (Phi) is 5.85. The van der Waals surface area contributed by atoms with Gasteiger partial charge >= 0.3 is 0 Å². The highest BCUT2D eigenvalue weighted by Gasteiger charge is 2.28. The third-order valence-electron chi connectivity index (χ3n) is 4.94. The Morgan fingerprint density at radius 2 is 1.96 bits per heavy atom. The van der Waals surface area contributed by atoms with Crippen LogP contribution in [0, 0.1) is 5.92 Å². The number of carbonyl (C=O) groups excluding carboxylic acids is 1. The van der Waals surface area contributed by atoms with E-state index in [2.05, 4.69) is 45.0 Å². The van der Waals surface area contributed by atoms with Gasteiger partial charge in [0, 0.05) is 25.4 Å². The SMILES string of the molecule is CC(O)C1CCN(C(=O)CCCc2ccc(C(C)(C)C)cc2)C1. The second-order valence-corrected chi connectivity index (χ2v) is 7.93. The summed E-state index contributed by atoms with van der Waals surface area (Å²) in [5.74, 6) is 0.489. The van der Waals surface area contributed by atoms with Gasteiger partial charge in [0.05, 0.1) is 6.10 Å². The Morgan fingerprint density at radius 3 is 2.48 bits per heavy atom. The minimum Gasteiger partial charge on any atom is -0.393 e. The Labute approximate surface area is 140 Å². The fourth-order valence-electron chi connectivity index (χ4n) is 3.18. The first-order valence-corrected chi connectivity index (χ1v) is 8.82. The highest BCUT2D eigenvalue weighted by Crippen LogP contribution is 2.23. The van der Waals surface area contributed by atoms with Gasteiger partial charge in [-0.05, 0) is 42.7 Å². The molecule has 0 aromatic heterocycles. The summed E-state index contributed by atoms with van der Waals surface area (Å²) in [5.41, 5.74) is 2.83. The minimum absolute atomic E-state index is 0.185. The first kappa shape index (κ1) is 18.0. The zero-order valence-corrected chi connectivity index (χ0v) is 15.0. The van der Waals surface area contributed by atoms with Crippen molar-refractivity contribution in [2.75, 3.05) is 13.1 Å². The number of aryl methyl sites for hydroxylation is 1. The molecule has 2 unspecified atom stereocenters. The van der Waals surface area contributed by atoms with E-state index >= 15 is 0 Å². The molecule has 0 bridgehead atoms. The summed E-state index contributed by atoms with van der Waals surface area (Å²) in [4.78, 5) is 14.2. The van der Waals surface area contributed by atoms with Gasteiger partial charge in [0.25, 0.3) is 0 Å². The molecule has 2 rings (SSSR count). The number of nitrogens with zero attached hydrogens (tertiary/aromatic N) is 1. The number of aliphatic hydroxyl groups is 1. The smallest absolute Gasteiger partial charge is 0.222 e. The molecule has 1 N–H and O–H groups in total. The molecule has 3 nitrogen and oxygen atoms in total. The summed E-state index contributed by atoms with van der Waals surface area (Å²) in [5, 5.41) is 9.62. The van der Waals surface area contributed by atoms with Gasteiger partial charge in [0.2, 0.25) is 5.91 Å². The second kappa shape index (κ2) is 7.48. The lowest BCUT2D eigenvalue weighted by Gasteiger charge is -2.19. The van der Waals surface area contributed by atoms with Crippen molar-refractivity contribution in [3.05, 3.63) is 35.4 Å². The van der Waals surface area contributed by atoms with Crippen molar-refractivity contribution < 1.29 is 9.90 Å². The summed E-state index contributed by atoms with van der Waals surface area (Å²) < 4.78 is 0. The fraction of sp³-hybridized carbons (Fsp3) is 0.650. The average Bonchev–Trinajstić information content (AvgIpc) is 2.97. The van der Waals surface area contributed by atoms with Crippen LogP contribution >= 0.6 is 0 Å². The molecule has 128 valence electrons. The maximum absolute atomic E-state index is 12.2. The van der Waals surface area contributed by atoms with Crippen LogP contribution in [0.4, 0.5) is 0 Å². The van der Waals surface area contributed by atoms with Gasteiger partial charge in [-0.3, -0.25) is 4.79 Å². The van der Waals surface area contributed by atoms with Gasteiger partial charge in [-0.25, -0.2) is 0 Å². The van der Waals surface area contributed by atoms with Crippen LogP contribution in [0.5, 0.6) is 0 Å². The predicted molar refractivity (Wildman–Crippen MR) is 94.4 cm³/mol. The summed E-state index contributed by atoms with van der Waals surface area (Å²) >= 11 is 0. The van der Waals surface area contributed by atoms with Crippen molar-refractivity contribution in [3.8, 4) is 0 Å². The van der Waals surface area contributed by atoms with Gasteiger partial charge in [-0.15, -0.1) is 0 Å². The highest BCUT2D eigenvalue weighted by molar-refractivity contribution is 5.76. The average molecular weight is 317 g/mol. The molecule has 23 heavy (non-hydrogen) atoms. The molecule has 0 aliphatic carbocycles. The lowest BCUT2D eigenvalue weighted by Crippen LogP contribution is -2.30. The lowest BCUT2D eigenvalue weighted by atomic mass is 9.86. The molecule has 1 heterocycles. The number of hydrogen-bond donors (Lipinski definition) is 1. The summed E-state index contributed by atoms with van der Waals surface area (Å²) in [6.07, 6.45) is 3.06. The molecule has 3 heteroatoms. The van der Waals surface area contributed by atoms with Crippen LogP contribution in [0.15, 0.2) is 24.3 Å². The standard InChI is InChI=1S/C20H31NO2/c1-15(22)17-12-13-21(14-17)19(23)7-5-6-16-8-10-18(11-9-16)20(2,3)4/h8-11,15,17,22H,5-7,12-14H2,1-4H3. The van der Waals surface area contributed by atoms with Crippen LogP contribution in [-0.2, 0) is 16.6 Å². The largest absolute Gasteiger partial charge is 0.393 e.